The Bertz CT molecular complexity index is 447. The van der Waals surface area contributed by atoms with Crippen molar-refractivity contribution < 1.29 is 5.11 Å². The normalized spacial score (nSPS) is 28.2. The van der Waals surface area contributed by atoms with Gasteiger partial charge in [0.2, 0.25) is 0 Å². The van der Waals surface area contributed by atoms with E-state index in [9.17, 15) is 5.11 Å². The Labute approximate surface area is 103 Å². The summed E-state index contributed by atoms with van der Waals surface area (Å²) in [6, 6.07) is 7.63. The van der Waals surface area contributed by atoms with Gasteiger partial charge in [-0.15, -0.1) is 0 Å². The molecule has 3 N–H and O–H groups in total. The number of nitrogens with two attached hydrogens (primary N) is 1. The van der Waals surface area contributed by atoms with Crippen LogP contribution in [0.3, 0.4) is 0 Å². The van der Waals surface area contributed by atoms with Gasteiger partial charge in [-0.25, -0.2) is 0 Å². The predicted molar refractivity (Wildman–Crippen MR) is 64.8 cm³/mol. The second-order valence-electron chi connectivity index (χ2n) is 4.35. The molecule has 3 nitrogen and oxygen atoms in total. The lowest BCUT2D eigenvalue weighted by molar-refractivity contribution is 0.0218. The van der Waals surface area contributed by atoms with Gasteiger partial charge in [-0.3, -0.25) is 0 Å². The van der Waals surface area contributed by atoms with Crippen LogP contribution < -0.4 is 5.73 Å². The minimum atomic E-state index is -0.263. The van der Waals surface area contributed by atoms with Gasteiger partial charge in [0.1, 0.15) is 0 Å². The molecule has 0 amide bonds. The van der Waals surface area contributed by atoms with Crippen molar-refractivity contribution >= 4 is 15.9 Å². The molecule has 84 valence electrons. The summed E-state index contributed by atoms with van der Waals surface area (Å²) in [5.74, 6) is 0. The third-order valence-corrected chi connectivity index (χ3v) is 4.00. The molecule has 0 atom stereocenters. The number of aliphatic hydroxyl groups excluding tert-OH is 1. The first-order valence-electron chi connectivity index (χ1n) is 5.19. The van der Waals surface area contributed by atoms with Gasteiger partial charge in [-0.1, -0.05) is 15.9 Å². The maximum Gasteiger partial charge on any atom is 0.0991 e. The van der Waals surface area contributed by atoms with E-state index in [-0.39, 0.29) is 11.5 Å². The molecule has 1 aliphatic carbocycles. The molecule has 2 rings (SSSR count). The SMILES string of the molecule is N#Cc1ccc(Br)c(C2(CN)CC(O)C2)c1. The van der Waals surface area contributed by atoms with Crippen LogP contribution in [0.4, 0.5) is 0 Å². The van der Waals surface area contributed by atoms with E-state index in [1.54, 1.807) is 6.07 Å². The third-order valence-electron chi connectivity index (χ3n) is 3.31. The van der Waals surface area contributed by atoms with Crippen molar-refractivity contribution in [1.82, 2.24) is 0 Å². The average Bonchev–Trinajstić information content (AvgIpc) is 2.25. The standard InChI is InChI=1S/C12H13BrN2O/c13-11-2-1-8(6-14)3-10(11)12(7-15)4-9(16)5-12/h1-3,9,16H,4-5,7,15H2. The van der Waals surface area contributed by atoms with Crippen molar-refractivity contribution in [3.63, 3.8) is 0 Å². The first-order valence-corrected chi connectivity index (χ1v) is 5.99. The van der Waals surface area contributed by atoms with Crippen LogP contribution in [0.5, 0.6) is 0 Å². The number of benzene rings is 1. The number of hydrogen-bond acceptors (Lipinski definition) is 3. The van der Waals surface area contributed by atoms with E-state index in [4.69, 9.17) is 11.0 Å². The van der Waals surface area contributed by atoms with Gasteiger partial charge < -0.3 is 10.8 Å². The molecule has 0 radical (unpaired) electrons. The van der Waals surface area contributed by atoms with E-state index < -0.39 is 0 Å². The van der Waals surface area contributed by atoms with Crippen LogP contribution in [0.25, 0.3) is 0 Å². The maximum absolute atomic E-state index is 9.46. The van der Waals surface area contributed by atoms with Gasteiger partial charge in [0.05, 0.1) is 17.7 Å². The molecular weight excluding hydrogens is 268 g/mol. The first kappa shape index (κ1) is 11.6. The minimum Gasteiger partial charge on any atom is -0.393 e. The summed E-state index contributed by atoms with van der Waals surface area (Å²) >= 11 is 3.48. The Hall–Kier alpha value is -0.890. The quantitative estimate of drug-likeness (QED) is 0.866. The topological polar surface area (TPSA) is 70.0 Å². The van der Waals surface area contributed by atoms with Gasteiger partial charge in [0, 0.05) is 16.4 Å². The lowest BCUT2D eigenvalue weighted by atomic mass is 9.62. The Morgan fingerprint density at radius 3 is 2.75 bits per heavy atom. The van der Waals surface area contributed by atoms with E-state index in [1.807, 2.05) is 12.1 Å². The smallest absolute Gasteiger partial charge is 0.0991 e. The van der Waals surface area contributed by atoms with Gasteiger partial charge in [0.15, 0.2) is 0 Å². The molecule has 1 aliphatic rings. The first-order chi connectivity index (χ1) is 7.61. The Morgan fingerprint density at radius 2 is 2.25 bits per heavy atom. The molecule has 0 saturated heterocycles. The molecule has 16 heavy (non-hydrogen) atoms. The summed E-state index contributed by atoms with van der Waals surface area (Å²) < 4.78 is 0.962. The lowest BCUT2D eigenvalue weighted by Gasteiger charge is -2.45. The van der Waals surface area contributed by atoms with E-state index >= 15 is 0 Å². The minimum absolute atomic E-state index is 0.162. The molecule has 0 bridgehead atoms. The number of nitrogens with zero attached hydrogens (tertiary/aromatic N) is 1. The molecule has 1 saturated carbocycles. The molecule has 0 aromatic heterocycles. The highest BCUT2D eigenvalue weighted by atomic mass is 79.9. The summed E-state index contributed by atoms with van der Waals surface area (Å²) in [6.07, 6.45) is 1.09. The fourth-order valence-electron chi connectivity index (χ4n) is 2.34. The molecule has 0 heterocycles. The highest BCUT2D eigenvalue weighted by Crippen LogP contribution is 2.45. The third kappa shape index (κ3) is 1.75. The maximum atomic E-state index is 9.46. The highest BCUT2D eigenvalue weighted by Gasteiger charge is 2.44. The van der Waals surface area contributed by atoms with Crippen molar-refractivity contribution in [3.8, 4) is 6.07 Å². The van der Waals surface area contributed by atoms with Crippen molar-refractivity contribution in [1.29, 1.82) is 5.26 Å². The number of hydrogen-bond donors (Lipinski definition) is 2. The Balaban J connectivity index is 2.43. The number of aliphatic hydroxyl groups is 1. The molecule has 1 aromatic carbocycles. The van der Waals surface area contributed by atoms with Crippen LogP contribution in [0.2, 0.25) is 0 Å². The largest absolute Gasteiger partial charge is 0.393 e. The summed E-state index contributed by atoms with van der Waals surface area (Å²) in [5.41, 5.74) is 7.32. The Kier molecular flexibility index (Phi) is 3.02. The molecule has 0 aliphatic heterocycles. The van der Waals surface area contributed by atoms with Crippen LogP contribution in [0.15, 0.2) is 22.7 Å². The average molecular weight is 281 g/mol. The molecule has 0 spiro atoms. The van der Waals surface area contributed by atoms with Crippen LogP contribution >= 0.6 is 15.9 Å². The molecule has 4 heteroatoms. The van der Waals surface area contributed by atoms with Gasteiger partial charge >= 0.3 is 0 Å². The summed E-state index contributed by atoms with van der Waals surface area (Å²) in [6.45, 7) is 0.498. The van der Waals surface area contributed by atoms with Crippen molar-refractivity contribution in [3.05, 3.63) is 33.8 Å². The van der Waals surface area contributed by atoms with Crippen LogP contribution in [-0.4, -0.2) is 17.8 Å². The summed E-state index contributed by atoms with van der Waals surface area (Å²) in [7, 11) is 0. The van der Waals surface area contributed by atoms with E-state index in [1.165, 1.54) is 0 Å². The van der Waals surface area contributed by atoms with Crippen molar-refractivity contribution in [2.75, 3.05) is 6.54 Å². The van der Waals surface area contributed by atoms with Crippen molar-refractivity contribution in [2.24, 2.45) is 5.73 Å². The zero-order chi connectivity index (χ0) is 11.8. The number of rotatable bonds is 2. The fourth-order valence-corrected chi connectivity index (χ4v) is 3.01. The van der Waals surface area contributed by atoms with E-state index in [2.05, 4.69) is 22.0 Å². The van der Waals surface area contributed by atoms with Gasteiger partial charge in [-0.05, 0) is 36.6 Å². The predicted octanol–water partition coefficient (Wildman–Crippen LogP) is 1.67. The van der Waals surface area contributed by atoms with Gasteiger partial charge in [-0.2, -0.15) is 5.26 Å². The zero-order valence-corrected chi connectivity index (χ0v) is 10.4. The number of nitriles is 1. The zero-order valence-electron chi connectivity index (χ0n) is 8.78. The van der Waals surface area contributed by atoms with Crippen LogP contribution in [-0.2, 0) is 5.41 Å². The monoisotopic (exact) mass is 280 g/mol. The second-order valence-corrected chi connectivity index (χ2v) is 5.21. The Morgan fingerprint density at radius 1 is 1.56 bits per heavy atom. The van der Waals surface area contributed by atoms with Crippen LogP contribution in [0.1, 0.15) is 24.0 Å². The number of halogens is 1. The van der Waals surface area contributed by atoms with E-state index in [0.29, 0.717) is 24.9 Å². The molecule has 1 aromatic rings. The molecule has 0 unspecified atom stereocenters. The highest BCUT2D eigenvalue weighted by molar-refractivity contribution is 9.10. The van der Waals surface area contributed by atoms with Crippen molar-refractivity contribution in [2.45, 2.75) is 24.4 Å². The fraction of sp³-hybridized carbons (Fsp3) is 0.417. The summed E-state index contributed by atoms with van der Waals surface area (Å²) in [4.78, 5) is 0. The summed E-state index contributed by atoms with van der Waals surface area (Å²) in [5, 5.41) is 18.3. The molecular formula is C12H13BrN2O. The second kappa shape index (κ2) is 4.17. The van der Waals surface area contributed by atoms with Gasteiger partial charge in [0.25, 0.3) is 0 Å². The lowest BCUT2D eigenvalue weighted by Crippen LogP contribution is -2.50. The van der Waals surface area contributed by atoms with E-state index in [0.717, 1.165) is 10.0 Å². The van der Waals surface area contributed by atoms with Crippen LogP contribution in [0, 0.1) is 11.3 Å². The molecule has 1 fully saturated rings.